The predicted molar refractivity (Wildman–Crippen MR) is 83.8 cm³/mol. The first-order valence-corrected chi connectivity index (χ1v) is 7.11. The number of rotatable bonds is 6. The van der Waals surface area contributed by atoms with E-state index in [0.717, 1.165) is 31.0 Å². The van der Waals surface area contributed by atoms with Gasteiger partial charge in [0.2, 0.25) is 0 Å². The molecule has 1 aromatic carbocycles. The second-order valence-electron chi connectivity index (χ2n) is 4.98. The van der Waals surface area contributed by atoms with E-state index in [4.69, 9.17) is 5.73 Å². The van der Waals surface area contributed by atoms with Gasteiger partial charge < -0.3 is 11.1 Å². The molecule has 20 heavy (non-hydrogen) atoms. The number of benzene rings is 1. The van der Waals surface area contributed by atoms with Crippen molar-refractivity contribution in [2.24, 2.45) is 0 Å². The highest BCUT2D eigenvalue weighted by atomic mass is 15.0. The average molecular weight is 270 g/mol. The van der Waals surface area contributed by atoms with Crippen LogP contribution in [0.25, 0.3) is 0 Å². The first kappa shape index (κ1) is 14.3. The van der Waals surface area contributed by atoms with E-state index >= 15 is 0 Å². The number of hydrogen-bond donors (Lipinski definition) is 2. The number of aromatic nitrogens is 2. The summed E-state index contributed by atoms with van der Waals surface area (Å²) < 4.78 is 0. The van der Waals surface area contributed by atoms with Gasteiger partial charge in [-0.25, -0.2) is 9.97 Å². The van der Waals surface area contributed by atoms with Gasteiger partial charge in [0.15, 0.2) is 0 Å². The number of anilines is 2. The molecule has 106 valence electrons. The molecule has 1 aromatic heterocycles. The van der Waals surface area contributed by atoms with Crippen LogP contribution in [-0.4, -0.2) is 16.5 Å². The number of nitrogens with one attached hydrogen (secondary N) is 1. The van der Waals surface area contributed by atoms with Gasteiger partial charge in [-0.3, -0.25) is 0 Å². The topological polar surface area (TPSA) is 63.8 Å². The molecular formula is C16H22N4. The Morgan fingerprint density at radius 3 is 2.65 bits per heavy atom. The molecule has 0 saturated heterocycles. The quantitative estimate of drug-likeness (QED) is 0.846. The maximum Gasteiger partial charge on any atom is 0.132 e. The lowest BCUT2D eigenvalue weighted by atomic mass is 9.98. The van der Waals surface area contributed by atoms with E-state index in [-0.39, 0.29) is 0 Å². The van der Waals surface area contributed by atoms with Crippen molar-refractivity contribution in [1.82, 2.24) is 9.97 Å². The molecule has 1 heterocycles. The van der Waals surface area contributed by atoms with Crippen LogP contribution in [0.2, 0.25) is 0 Å². The largest absolute Gasteiger partial charge is 0.384 e. The molecule has 1 atom stereocenters. The molecule has 3 N–H and O–H groups in total. The van der Waals surface area contributed by atoms with Crippen molar-refractivity contribution in [2.75, 3.05) is 17.6 Å². The lowest BCUT2D eigenvalue weighted by Crippen LogP contribution is -2.09. The van der Waals surface area contributed by atoms with Gasteiger partial charge in [0, 0.05) is 19.0 Å². The minimum atomic E-state index is 0.522. The van der Waals surface area contributed by atoms with Crippen molar-refractivity contribution in [3.05, 3.63) is 47.8 Å². The molecule has 0 aliphatic carbocycles. The highest BCUT2D eigenvalue weighted by molar-refractivity contribution is 5.44. The van der Waals surface area contributed by atoms with E-state index in [2.05, 4.69) is 46.5 Å². The summed E-state index contributed by atoms with van der Waals surface area (Å²) in [5.41, 5.74) is 7.13. The number of hydrogen-bond acceptors (Lipinski definition) is 4. The smallest absolute Gasteiger partial charge is 0.132 e. The SMILES string of the molecule is CCc1nc(N)cc(NCCC(C)c2ccccc2)n1. The van der Waals surface area contributed by atoms with Gasteiger partial charge in [-0.05, 0) is 17.9 Å². The maximum atomic E-state index is 5.77. The molecule has 0 spiro atoms. The lowest BCUT2D eigenvalue weighted by molar-refractivity contribution is 0.704. The van der Waals surface area contributed by atoms with Crippen LogP contribution in [0, 0.1) is 0 Å². The highest BCUT2D eigenvalue weighted by Gasteiger charge is 2.05. The third-order valence-electron chi connectivity index (χ3n) is 3.36. The van der Waals surface area contributed by atoms with Crippen molar-refractivity contribution in [2.45, 2.75) is 32.6 Å². The Bertz CT molecular complexity index is 539. The summed E-state index contributed by atoms with van der Waals surface area (Å²) in [6.07, 6.45) is 1.84. The Hall–Kier alpha value is -2.10. The normalized spacial score (nSPS) is 12.1. The van der Waals surface area contributed by atoms with Crippen LogP contribution in [0.4, 0.5) is 11.6 Å². The first-order valence-electron chi connectivity index (χ1n) is 7.11. The third-order valence-corrected chi connectivity index (χ3v) is 3.36. The van der Waals surface area contributed by atoms with Crippen LogP contribution in [0.1, 0.15) is 37.6 Å². The minimum absolute atomic E-state index is 0.522. The van der Waals surface area contributed by atoms with E-state index < -0.39 is 0 Å². The second kappa shape index (κ2) is 6.89. The van der Waals surface area contributed by atoms with Crippen molar-refractivity contribution < 1.29 is 0 Å². The molecule has 2 rings (SSSR count). The van der Waals surface area contributed by atoms with E-state index in [1.54, 1.807) is 6.07 Å². The molecule has 0 amide bonds. The Labute approximate surface area is 120 Å². The molecule has 0 saturated carbocycles. The molecular weight excluding hydrogens is 248 g/mol. The van der Waals surface area contributed by atoms with Crippen LogP contribution in [0.5, 0.6) is 0 Å². The number of nitrogens with two attached hydrogens (primary N) is 1. The molecule has 0 aliphatic rings. The Kier molecular flexibility index (Phi) is 4.93. The third kappa shape index (κ3) is 3.95. The van der Waals surface area contributed by atoms with Crippen molar-refractivity contribution in [3.8, 4) is 0 Å². The maximum absolute atomic E-state index is 5.77. The zero-order chi connectivity index (χ0) is 14.4. The van der Waals surface area contributed by atoms with Gasteiger partial charge >= 0.3 is 0 Å². The van der Waals surface area contributed by atoms with Gasteiger partial charge in [-0.15, -0.1) is 0 Å². The monoisotopic (exact) mass is 270 g/mol. The Morgan fingerprint density at radius 1 is 1.20 bits per heavy atom. The fourth-order valence-electron chi connectivity index (χ4n) is 2.13. The van der Waals surface area contributed by atoms with Gasteiger partial charge in [-0.2, -0.15) is 0 Å². The van der Waals surface area contributed by atoms with Crippen molar-refractivity contribution in [1.29, 1.82) is 0 Å². The molecule has 0 aliphatic heterocycles. The number of aryl methyl sites for hydroxylation is 1. The van der Waals surface area contributed by atoms with E-state index in [9.17, 15) is 0 Å². The number of nitrogens with zero attached hydrogens (tertiary/aromatic N) is 2. The zero-order valence-corrected chi connectivity index (χ0v) is 12.1. The second-order valence-corrected chi connectivity index (χ2v) is 4.98. The van der Waals surface area contributed by atoms with Gasteiger partial charge in [0.05, 0.1) is 0 Å². The van der Waals surface area contributed by atoms with Gasteiger partial charge in [0.25, 0.3) is 0 Å². The molecule has 0 radical (unpaired) electrons. The van der Waals surface area contributed by atoms with Crippen molar-refractivity contribution in [3.63, 3.8) is 0 Å². The first-order chi connectivity index (χ1) is 9.69. The molecule has 0 bridgehead atoms. The van der Waals surface area contributed by atoms with E-state index in [0.29, 0.717) is 11.7 Å². The molecule has 1 unspecified atom stereocenters. The molecule has 0 fully saturated rings. The average Bonchev–Trinajstić information content (AvgIpc) is 2.47. The lowest BCUT2D eigenvalue weighted by Gasteiger charge is -2.13. The van der Waals surface area contributed by atoms with Crippen LogP contribution >= 0.6 is 0 Å². The fourth-order valence-corrected chi connectivity index (χ4v) is 2.13. The van der Waals surface area contributed by atoms with Crippen LogP contribution < -0.4 is 11.1 Å². The van der Waals surface area contributed by atoms with Gasteiger partial charge in [-0.1, -0.05) is 44.2 Å². The fraction of sp³-hybridized carbons (Fsp3) is 0.375. The summed E-state index contributed by atoms with van der Waals surface area (Å²) in [7, 11) is 0. The predicted octanol–water partition coefficient (Wildman–Crippen LogP) is 3.23. The minimum Gasteiger partial charge on any atom is -0.384 e. The van der Waals surface area contributed by atoms with Crippen LogP contribution in [0.3, 0.4) is 0 Å². The molecule has 2 aromatic rings. The summed E-state index contributed by atoms with van der Waals surface area (Å²) in [4.78, 5) is 8.59. The standard InChI is InChI=1S/C16H22N4/c1-3-15-19-14(17)11-16(20-15)18-10-9-12(2)13-7-5-4-6-8-13/h4-8,11-12H,3,9-10H2,1-2H3,(H3,17,18,19,20). The molecule has 4 heteroatoms. The molecule has 4 nitrogen and oxygen atoms in total. The zero-order valence-electron chi connectivity index (χ0n) is 12.1. The summed E-state index contributed by atoms with van der Waals surface area (Å²) in [5, 5.41) is 3.33. The van der Waals surface area contributed by atoms with Gasteiger partial charge in [0.1, 0.15) is 17.5 Å². The van der Waals surface area contributed by atoms with E-state index in [1.165, 1.54) is 5.56 Å². The Morgan fingerprint density at radius 2 is 1.95 bits per heavy atom. The van der Waals surface area contributed by atoms with Crippen LogP contribution in [-0.2, 0) is 6.42 Å². The summed E-state index contributed by atoms with van der Waals surface area (Å²) in [6.45, 7) is 5.13. The summed E-state index contributed by atoms with van der Waals surface area (Å²) in [6, 6.07) is 12.3. The van der Waals surface area contributed by atoms with Crippen LogP contribution in [0.15, 0.2) is 36.4 Å². The van der Waals surface area contributed by atoms with Crippen molar-refractivity contribution >= 4 is 11.6 Å². The summed E-state index contributed by atoms with van der Waals surface area (Å²) in [5.74, 6) is 2.64. The van der Waals surface area contributed by atoms with E-state index in [1.807, 2.05) is 13.0 Å². The number of nitrogen functional groups attached to an aromatic ring is 1. The Balaban J connectivity index is 1.88. The summed E-state index contributed by atoms with van der Waals surface area (Å²) >= 11 is 0. The highest BCUT2D eigenvalue weighted by Crippen LogP contribution is 2.18.